The van der Waals surface area contributed by atoms with Gasteiger partial charge in [-0.3, -0.25) is 14.9 Å². The van der Waals surface area contributed by atoms with Crippen LogP contribution in [0.2, 0.25) is 0 Å². The molecule has 7 nitrogen and oxygen atoms in total. The minimum atomic E-state index is -0.249. The molecule has 0 aromatic carbocycles. The third kappa shape index (κ3) is 5.51. The van der Waals surface area contributed by atoms with Crippen LogP contribution in [0.25, 0.3) is 0 Å². The van der Waals surface area contributed by atoms with Crippen molar-refractivity contribution in [3.05, 3.63) is 34.7 Å². The van der Waals surface area contributed by atoms with Crippen LogP contribution in [0.3, 0.4) is 0 Å². The summed E-state index contributed by atoms with van der Waals surface area (Å²) >= 11 is 1.33. The van der Waals surface area contributed by atoms with Crippen LogP contribution in [0.5, 0.6) is 0 Å². The van der Waals surface area contributed by atoms with Crippen molar-refractivity contribution in [1.29, 1.82) is 0 Å². The number of furan rings is 1. The zero-order chi connectivity index (χ0) is 18.8. The topological polar surface area (TPSA) is 87.5 Å². The molecule has 2 aromatic rings. The minimum Gasteiger partial charge on any atom is -0.469 e. The summed E-state index contributed by atoms with van der Waals surface area (Å²) in [5.74, 6) is 1.85. The third-order valence-corrected chi connectivity index (χ3v) is 6.39. The number of hydrogen-bond donors (Lipinski definition) is 2. The molecule has 2 atom stereocenters. The van der Waals surface area contributed by atoms with Gasteiger partial charge in [-0.15, -0.1) is 36.2 Å². The number of aromatic nitrogens is 1. The number of aryl methyl sites for hydroxylation is 1. The van der Waals surface area contributed by atoms with Gasteiger partial charge in [-0.2, -0.15) is 0 Å². The number of amides is 2. The Bertz CT molecular complexity index is 827. The molecule has 2 N–H and O–H groups in total. The largest absolute Gasteiger partial charge is 0.469 e. The number of fused-ring (bicyclic) bond motifs is 1. The molecule has 0 saturated carbocycles. The van der Waals surface area contributed by atoms with Gasteiger partial charge in [0.05, 0.1) is 23.9 Å². The number of thiazole rings is 1. The van der Waals surface area contributed by atoms with Crippen molar-refractivity contribution in [1.82, 2.24) is 15.2 Å². The molecule has 10 heteroatoms. The highest BCUT2D eigenvalue weighted by Crippen LogP contribution is 2.27. The molecule has 2 fully saturated rings. The summed E-state index contributed by atoms with van der Waals surface area (Å²) in [5.41, 5.74) is 1.20. The molecule has 0 bridgehead atoms. The molecule has 2 saturated heterocycles. The van der Waals surface area contributed by atoms with E-state index in [0.29, 0.717) is 34.0 Å². The van der Waals surface area contributed by atoms with Gasteiger partial charge >= 0.3 is 0 Å². The van der Waals surface area contributed by atoms with E-state index in [1.807, 2.05) is 10.3 Å². The van der Waals surface area contributed by atoms with Crippen molar-refractivity contribution < 1.29 is 14.0 Å². The Kier molecular flexibility index (Phi) is 8.51. The van der Waals surface area contributed by atoms with Crippen molar-refractivity contribution in [2.24, 2.45) is 11.8 Å². The van der Waals surface area contributed by atoms with Gasteiger partial charge in [0.2, 0.25) is 5.91 Å². The van der Waals surface area contributed by atoms with Gasteiger partial charge in [-0.1, -0.05) is 0 Å². The van der Waals surface area contributed by atoms with E-state index in [2.05, 4.69) is 15.6 Å². The monoisotopic (exact) mass is 460 g/mol. The van der Waals surface area contributed by atoms with Gasteiger partial charge in [0.15, 0.2) is 5.13 Å². The summed E-state index contributed by atoms with van der Waals surface area (Å²) < 4.78 is 5.15. The van der Waals surface area contributed by atoms with E-state index in [0.717, 1.165) is 39.0 Å². The molecular weight excluding hydrogens is 435 g/mol. The molecule has 0 unspecified atom stereocenters. The fourth-order valence-corrected chi connectivity index (χ4v) is 4.67. The molecule has 2 aromatic heterocycles. The molecule has 0 spiro atoms. The lowest BCUT2D eigenvalue weighted by atomic mass is 9.92. The van der Waals surface area contributed by atoms with Gasteiger partial charge < -0.3 is 14.6 Å². The Labute approximate surface area is 186 Å². The van der Waals surface area contributed by atoms with E-state index >= 15 is 0 Å². The van der Waals surface area contributed by atoms with E-state index in [-0.39, 0.29) is 43.0 Å². The SMILES string of the molecule is Cc1occc1C(=O)Nc1nc(CC(=O)N2CC[C@@H]3CNC[C@@H]3CC2)cs1.Cl.Cl. The molecule has 2 aliphatic heterocycles. The first-order valence-electron chi connectivity index (χ1n) is 9.38. The fraction of sp³-hybridized carbons (Fsp3) is 0.526. The average molecular weight is 461 g/mol. The van der Waals surface area contributed by atoms with Gasteiger partial charge in [0.25, 0.3) is 5.91 Å². The number of hydrogen-bond acceptors (Lipinski definition) is 6. The lowest BCUT2D eigenvalue weighted by molar-refractivity contribution is -0.130. The molecular formula is C19H26Cl2N4O3S. The van der Waals surface area contributed by atoms with Crippen LogP contribution in [0.1, 0.15) is 34.7 Å². The van der Waals surface area contributed by atoms with Crippen LogP contribution < -0.4 is 10.6 Å². The summed E-state index contributed by atoms with van der Waals surface area (Å²) in [5, 5.41) is 8.57. The summed E-state index contributed by atoms with van der Waals surface area (Å²) in [6, 6.07) is 1.63. The van der Waals surface area contributed by atoms with E-state index in [1.165, 1.54) is 17.6 Å². The van der Waals surface area contributed by atoms with Gasteiger partial charge in [-0.05, 0) is 50.8 Å². The van der Waals surface area contributed by atoms with Gasteiger partial charge in [0.1, 0.15) is 5.76 Å². The molecule has 160 valence electrons. The van der Waals surface area contributed by atoms with Crippen molar-refractivity contribution in [2.75, 3.05) is 31.5 Å². The van der Waals surface area contributed by atoms with Gasteiger partial charge in [0, 0.05) is 18.5 Å². The summed E-state index contributed by atoms with van der Waals surface area (Å²) in [6.45, 7) is 5.56. The van der Waals surface area contributed by atoms with Crippen LogP contribution >= 0.6 is 36.2 Å². The molecule has 4 heterocycles. The number of carbonyl (C=O) groups excluding carboxylic acids is 2. The first-order valence-corrected chi connectivity index (χ1v) is 10.3. The maximum absolute atomic E-state index is 12.7. The predicted molar refractivity (Wildman–Crippen MR) is 117 cm³/mol. The first kappa shape index (κ1) is 23.7. The Morgan fingerprint density at radius 3 is 2.59 bits per heavy atom. The first-order chi connectivity index (χ1) is 13.1. The molecule has 4 rings (SSSR count). The highest BCUT2D eigenvalue weighted by molar-refractivity contribution is 7.14. The van der Waals surface area contributed by atoms with Crippen molar-refractivity contribution >= 4 is 53.1 Å². The predicted octanol–water partition coefficient (Wildman–Crippen LogP) is 3.14. The van der Waals surface area contributed by atoms with Crippen LogP contribution in [-0.4, -0.2) is 47.9 Å². The van der Waals surface area contributed by atoms with Crippen molar-refractivity contribution in [3.8, 4) is 0 Å². The number of anilines is 1. The van der Waals surface area contributed by atoms with E-state index < -0.39 is 0 Å². The Balaban J connectivity index is 0.00000150. The van der Waals surface area contributed by atoms with Crippen LogP contribution in [-0.2, 0) is 11.2 Å². The number of nitrogens with one attached hydrogen (secondary N) is 2. The Morgan fingerprint density at radius 2 is 1.97 bits per heavy atom. The van der Waals surface area contributed by atoms with E-state index in [1.54, 1.807) is 13.0 Å². The lowest BCUT2D eigenvalue weighted by Crippen LogP contribution is -2.34. The lowest BCUT2D eigenvalue weighted by Gasteiger charge is -2.20. The standard InChI is InChI=1S/C19H24N4O3S.2ClH/c1-12-16(4-7-26-12)18(25)22-19-21-15(11-27-19)8-17(24)23-5-2-13-9-20-10-14(13)3-6-23;;/h4,7,11,13-14,20H,2-3,5-6,8-10H2,1H3,(H,21,22,25);2*1H/t13-,14+;;. The number of nitrogens with zero attached hydrogens (tertiary/aromatic N) is 2. The maximum Gasteiger partial charge on any atom is 0.260 e. The zero-order valence-corrected chi connectivity index (χ0v) is 18.6. The number of rotatable bonds is 4. The second-order valence-electron chi connectivity index (χ2n) is 7.30. The number of halogens is 2. The van der Waals surface area contributed by atoms with E-state index in [4.69, 9.17) is 4.42 Å². The average Bonchev–Trinajstić information content (AvgIpc) is 3.35. The maximum atomic E-state index is 12.7. The fourth-order valence-electron chi connectivity index (χ4n) is 3.96. The second kappa shape index (κ2) is 10.4. The summed E-state index contributed by atoms with van der Waals surface area (Å²) in [6.07, 6.45) is 3.92. The Morgan fingerprint density at radius 1 is 1.28 bits per heavy atom. The van der Waals surface area contributed by atoms with Crippen molar-refractivity contribution in [3.63, 3.8) is 0 Å². The summed E-state index contributed by atoms with van der Waals surface area (Å²) in [4.78, 5) is 31.3. The van der Waals surface area contributed by atoms with Crippen LogP contribution in [0.4, 0.5) is 5.13 Å². The molecule has 0 aliphatic carbocycles. The number of likely N-dealkylation sites (tertiary alicyclic amines) is 1. The molecule has 29 heavy (non-hydrogen) atoms. The van der Waals surface area contributed by atoms with E-state index in [9.17, 15) is 9.59 Å². The van der Waals surface area contributed by atoms with Gasteiger partial charge in [-0.25, -0.2) is 4.98 Å². The molecule has 0 radical (unpaired) electrons. The minimum absolute atomic E-state index is 0. The number of carbonyl (C=O) groups is 2. The van der Waals surface area contributed by atoms with Crippen molar-refractivity contribution in [2.45, 2.75) is 26.2 Å². The highest BCUT2D eigenvalue weighted by atomic mass is 35.5. The second-order valence-corrected chi connectivity index (χ2v) is 8.16. The summed E-state index contributed by atoms with van der Waals surface area (Å²) in [7, 11) is 0. The zero-order valence-electron chi connectivity index (χ0n) is 16.2. The molecule has 2 amide bonds. The highest BCUT2D eigenvalue weighted by Gasteiger charge is 2.31. The molecule has 2 aliphatic rings. The Hall–Kier alpha value is -1.61. The van der Waals surface area contributed by atoms with Crippen LogP contribution in [0.15, 0.2) is 22.1 Å². The smallest absolute Gasteiger partial charge is 0.260 e. The quantitative estimate of drug-likeness (QED) is 0.731. The van der Waals surface area contributed by atoms with Crippen LogP contribution in [0, 0.1) is 18.8 Å². The third-order valence-electron chi connectivity index (χ3n) is 5.58. The normalized spacial score (nSPS) is 20.8.